The molecule has 0 radical (unpaired) electrons. The van der Waals surface area contributed by atoms with Gasteiger partial charge in [0.2, 0.25) is 0 Å². The van der Waals surface area contributed by atoms with E-state index in [0.717, 1.165) is 38.2 Å². The van der Waals surface area contributed by atoms with E-state index in [-0.39, 0.29) is 0 Å². The van der Waals surface area contributed by atoms with Crippen LogP contribution >= 0.6 is 0 Å². The fraction of sp³-hybridized carbons (Fsp3) is 0.625. The molecule has 0 heterocycles. The molecule has 19 heavy (non-hydrogen) atoms. The van der Waals surface area contributed by atoms with Gasteiger partial charge >= 0.3 is 0 Å². The van der Waals surface area contributed by atoms with Crippen LogP contribution in [0.4, 0.5) is 0 Å². The van der Waals surface area contributed by atoms with E-state index in [9.17, 15) is 0 Å². The summed E-state index contributed by atoms with van der Waals surface area (Å²) in [7, 11) is 1.71. The van der Waals surface area contributed by atoms with Gasteiger partial charge in [-0.3, -0.25) is 0 Å². The van der Waals surface area contributed by atoms with Crippen molar-refractivity contribution in [3.63, 3.8) is 0 Å². The Labute approximate surface area is 117 Å². The Bertz CT molecular complexity index is 324. The molecule has 3 nitrogen and oxygen atoms in total. The topological polar surface area (TPSA) is 30.5 Å². The van der Waals surface area contributed by atoms with Crippen LogP contribution in [0.25, 0.3) is 0 Å². The SMILES string of the molecule is CCCNC(CC)c1ccc(OCCCOC)cc1. The zero-order valence-electron chi connectivity index (χ0n) is 12.4. The summed E-state index contributed by atoms with van der Waals surface area (Å²) in [5, 5.41) is 3.56. The second-order valence-electron chi connectivity index (χ2n) is 4.68. The molecule has 0 aliphatic heterocycles. The van der Waals surface area contributed by atoms with Gasteiger partial charge in [-0.25, -0.2) is 0 Å². The average Bonchev–Trinajstić information content (AvgIpc) is 2.46. The first kappa shape index (κ1) is 16.0. The van der Waals surface area contributed by atoms with Crippen LogP contribution in [0.1, 0.15) is 44.7 Å². The van der Waals surface area contributed by atoms with Crippen LogP contribution in [0.15, 0.2) is 24.3 Å². The molecule has 0 spiro atoms. The molecule has 0 saturated heterocycles. The maximum Gasteiger partial charge on any atom is 0.119 e. The largest absolute Gasteiger partial charge is 0.494 e. The van der Waals surface area contributed by atoms with Crippen LogP contribution in [0, 0.1) is 0 Å². The van der Waals surface area contributed by atoms with Crippen LogP contribution in [0.5, 0.6) is 5.75 Å². The van der Waals surface area contributed by atoms with Gasteiger partial charge in [-0.15, -0.1) is 0 Å². The molecule has 0 bridgehead atoms. The molecule has 0 aliphatic carbocycles. The fourth-order valence-corrected chi connectivity index (χ4v) is 2.01. The summed E-state index contributed by atoms with van der Waals surface area (Å²) in [4.78, 5) is 0. The van der Waals surface area contributed by atoms with Crippen molar-refractivity contribution >= 4 is 0 Å². The first-order chi connectivity index (χ1) is 9.31. The van der Waals surface area contributed by atoms with Crippen molar-refractivity contribution in [2.24, 2.45) is 0 Å². The van der Waals surface area contributed by atoms with E-state index in [1.807, 2.05) is 0 Å². The third kappa shape index (κ3) is 6.08. The molecule has 0 aliphatic rings. The van der Waals surface area contributed by atoms with Crippen LogP contribution in [0.2, 0.25) is 0 Å². The summed E-state index contributed by atoms with van der Waals surface area (Å²) in [6, 6.07) is 8.87. The maximum absolute atomic E-state index is 5.66. The van der Waals surface area contributed by atoms with Crippen LogP contribution in [-0.2, 0) is 4.74 Å². The number of methoxy groups -OCH3 is 1. The predicted molar refractivity (Wildman–Crippen MR) is 79.8 cm³/mol. The van der Waals surface area contributed by atoms with Crippen molar-refractivity contribution < 1.29 is 9.47 Å². The van der Waals surface area contributed by atoms with E-state index in [4.69, 9.17) is 9.47 Å². The quantitative estimate of drug-likeness (QED) is 0.656. The minimum atomic E-state index is 0.447. The third-order valence-corrected chi connectivity index (χ3v) is 3.09. The molecule has 0 amide bonds. The van der Waals surface area contributed by atoms with Gasteiger partial charge in [0.25, 0.3) is 0 Å². The Balaban J connectivity index is 2.45. The summed E-state index contributed by atoms with van der Waals surface area (Å²) in [6.45, 7) is 6.92. The van der Waals surface area contributed by atoms with Gasteiger partial charge in [0.1, 0.15) is 5.75 Å². The second kappa shape index (κ2) is 9.82. The van der Waals surface area contributed by atoms with Gasteiger partial charge in [0.15, 0.2) is 0 Å². The zero-order valence-corrected chi connectivity index (χ0v) is 12.4. The van der Waals surface area contributed by atoms with E-state index >= 15 is 0 Å². The lowest BCUT2D eigenvalue weighted by Gasteiger charge is -2.17. The molecule has 0 aromatic heterocycles. The molecule has 3 heteroatoms. The Morgan fingerprint density at radius 1 is 1.11 bits per heavy atom. The second-order valence-corrected chi connectivity index (χ2v) is 4.68. The van der Waals surface area contributed by atoms with Crippen molar-refractivity contribution in [1.82, 2.24) is 5.32 Å². The summed E-state index contributed by atoms with van der Waals surface area (Å²) < 4.78 is 10.7. The Morgan fingerprint density at radius 2 is 1.84 bits per heavy atom. The van der Waals surface area contributed by atoms with E-state index in [1.54, 1.807) is 7.11 Å². The molecule has 1 aromatic carbocycles. The van der Waals surface area contributed by atoms with Crippen LogP contribution < -0.4 is 10.1 Å². The van der Waals surface area contributed by atoms with E-state index < -0.39 is 0 Å². The van der Waals surface area contributed by atoms with Crippen molar-refractivity contribution in [2.45, 2.75) is 39.2 Å². The monoisotopic (exact) mass is 265 g/mol. The van der Waals surface area contributed by atoms with E-state index in [2.05, 4.69) is 43.4 Å². The summed E-state index contributed by atoms with van der Waals surface area (Å²) in [5.41, 5.74) is 1.33. The molecule has 1 N–H and O–H groups in total. The highest BCUT2D eigenvalue weighted by molar-refractivity contribution is 5.29. The zero-order chi connectivity index (χ0) is 13.9. The van der Waals surface area contributed by atoms with Crippen molar-refractivity contribution in [2.75, 3.05) is 26.9 Å². The smallest absolute Gasteiger partial charge is 0.119 e. The Morgan fingerprint density at radius 3 is 2.42 bits per heavy atom. The standard InChI is InChI=1S/C16H27NO2/c1-4-11-17-16(5-2)14-7-9-15(10-8-14)19-13-6-12-18-3/h7-10,16-17H,4-6,11-13H2,1-3H3. The van der Waals surface area contributed by atoms with E-state index in [1.165, 1.54) is 5.56 Å². The maximum atomic E-state index is 5.66. The van der Waals surface area contributed by atoms with Gasteiger partial charge in [0.05, 0.1) is 6.61 Å². The predicted octanol–water partition coefficient (Wildman–Crippen LogP) is 3.55. The average molecular weight is 265 g/mol. The van der Waals surface area contributed by atoms with Crippen LogP contribution in [0.3, 0.4) is 0 Å². The highest BCUT2D eigenvalue weighted by Crippen LogP contribution is 2.20. The molecule has 1 aromatic rings. The molecule has 0 fully saturated rings. The highest BCUT2D eigenvalue weighted by Gasteiger charge is 2.07. The number of rotatable bonds is 10. The number of nitrogens with one attached hydrogen (secondary N) is 1. The first-order valence-corrected chi connectivity index (χ1v) is 7.26. The summed E-state index contributed by atoms with van der Waals surface area (Å²) in [6.07, 6.45) is 3.19. The number of hydrogen-bond donors (Lipinski definition) is 1. The van der Waals surface area contributed by atoms with Crippen molar-refractivity contribution in [1.29, 1.82) is 0 Å². The fourth-order valence-electron chi connectivity index (χ4n) is 2.01. The summed E-state index contributed by atoms with van der Waals surface area (Å²) in [5.74, 6) is 0.935. The number of hydrogen-bond acceptors (Lipinski definition) is 3. The Kier molecular flexibility index (Phi) is 8.26. The molecule has 1 atom stereocenters. The lowest BCUT2D eigenvalue weighted by atomic mass is 10.0. The van der Waals surface area contributed by atoms with E-state index in [0.29, 0.717) is 12.6 Å². The number of benzene rings is 1. The molecule has 108 valence electrons. The number of ether oxygens (including phenoxy) is 2. The third-order valence-electron chi connectivity index (χ3n) is 3.09. The van der Waals surface area contributed by atoms with Crippen molar-refractivity contribution in [3.05, 3.63) is 29.8 Å². The van der Waals surface area contributed by atoms with Gasteiger partial charge < -0.3 is 14.8 Å². The molecular weight excluding hydrogens is 238 g/mol. The summed E-state index contributed by atoms with van der Waals surface area (Å²) >= 11 is 0. The lowest BCUT2D eigenvalue weighted by Crippen LogP contribution is -2.21. The van der Waals surface area contributed by atoms with Gasteiger partial charge in [-0.2, -0.15) is 0 Å². The molecular formula is C16H27NO2. The van der Waals surface area contributed by atoms with Gasteiger partial charge in [0, 0.05) is 26.2 Å². The lowest BCUT2D eigenvalue weighted by molar-refractivity contribution is 0.172. The molecule has 1 unspecified atom stereocenters. The minimum absolute atomic E-state index is 0.447. The first-order valence-electron chi connectivity index (χ1n) is 7.26. The molecule has 1 rings (SSSR count). The van der Waals surface area contributed by atoms with Gasteiger partial charge in [-0.1, -0.05) is 26.0 Å². The highest BCUT2D eigenvalue weighted by atomic mass is 16.5. The van der Waals surface area contributed by atoms with Crippen LogP contribution in [-0.4, -0.2) is 26.9 Å². The van der Waals surface area contributed by atoms with Gasteiger partial charge in [-0.05, 0) is 37.1 Å². The minimum Gasteiger partial charge on any atom is -0.494 e. The normalized spacial score (nSPS) is 12.4. The van der Waals surface area contributed by atoms with Crippen molar-refractivity contribution in [3.8, 4) is 5.75 Å². The molecule has 0 saturated carbocycles. The Hall–Kier alpha value is -1.06.